The fourth-order valence-electron chi connectivity index (χ4n) is 5.60. The smallest absolute Gasteiger partial charge is 0.507 e. The lowest BCUT2D eigenvalue weighted by Gasteiger charge is -2.47. The van der Waals surface area contributed by atoms with Gasteiger partial charge in [0, 0.05) is 5.92 Å². The van der Waals surface area contributed by atoms with Crippen molar-refractivity contribution in [2.75, 3.05) is 20.5 Å². The first-order valence-electron chi connectivity index (χ1n) is 11.8. The second-order valence-electron chi connectivity index (χ2n) is 9.23. The Morgan fingerprint density at radius 2 is 1.97 bits per heavy atom. The molecule has 33 heavy (non-hydrogen) atoms. The fraction of sp³-hybridized carbons (Fsp3) is 0.773. The molecule has 184 valence electrons. The molecule has 0 spiro atoms. The molecule has 0 aromatic heterocycles. The predicted octanol–water partition coefficient (Wildman–Crippen LogP) is 2.86. The number of allylic oxidation sites excluding steroid dienone is 1. The molecule has 4 fully saturated rings. The van der Waals surface area contributed by atoms with Crippen LogP contribution < -0.4 is 5.32 Å². The number of aliphatic hydroxyl groups is 2. The van der Waals surface area contributed by atoms with E-state index in [-0.39, 0.29) is 36.1 Å². The molecule has 1 saturated carbocycles. The SMILES string of the molecule is CCCCCCCO[P+]1(OC)O[C@@H]2[C@H](O1)[C@@H](O)CC1C3C=C4OCOC4=C(O)C3C(=O)N[C@H]12. The summed E-state index contributed by atoms with van der Waals surface area (Å²) in [5.41, 5.74) is 0. The topological polar surface area (TPSA) is 125 Å². The van der Waals surface area contributed by atoms with Gasteiger partial charge in [-0.2, -0.15) is 9.05 Å². The first kappa shape index (κ1) is 23.3. The molecule has 3 N–H and O–H groups in total. The summed E-state index contributed by atoms with van der Waals surface area (Å²) in [6, 6.07) is -0.425. The molecule has 5 rings (SSSR count). The molecule has 10 nitrogen and oxygen atoms in total. The molecule has 8 atom stereocenters. The van der Waals surface area contributed by atoms with E-state index >= 15 is 0 Å². The van der Waals surface area contributed by atoms with Crippen LogP contribution in [0.5, 0.6) is 0 Å². The van der Waals surface area contributed by atoms with Gasteiger partial charge in [0.25, 0.3) is 0 Å². The summed E-state index contributed by atoms with van der Waals surface area (Å²) in [7, 11) is -1.62. The molecule has 3 saturated heterocycles. The maximum absolute atomic E-state index is 13.0. The molecule has 1 amide bonds. The normalized spacial score (nSPS) is 41.2. The van der Waals surface area contributed by atoms with Gasteiger partial charge in [0.15, 0.2) is 23.7 Å². The predicted molar refractivity (Wildman–Crippen MR) is 116 cm³/mol. The van der Waals surface area contributed by atoms with Crippen molar-refractivity contribution in [2.24, 2.45) is 17.8 Å². The van der Waals surface area contributed by atoms with Crippen LogP contribution in [-0.2, 0) is 32.4 Å². The van der Waals surface area contributed by atoms with E-state index in [0.717, 1.165) is 19.3 Å². The summed E-state index contributed by atoms with van der Waals surface area (Å²) in [5.74, 6) is -1.14. The Balaban J connectivity index is 1.32. The number of carbonyl (C=O) groups is 1. The quantitative estimate of drug-likeness (QED) is 0.351. The first-order valence-corrected chi connectivity index (χ1v) is 13.3. The number of aliphatic hydroxyl groups excluding tert-OH is 2. The zero-order valence-corrected chi connectivity index (χ0v) is 19.9. The van der Waals surface area contributed by atoms with Crippen LogP contribution in [0.3, 0.4) is 0 Å². The summed E-state index contributed by atoms with van der Waals surface area (Å²) in [6.45, 7) is 2.61. The third-order valence-electron chi connectivity index (χ3n) is 7.24. The largest absolute Gasteiger partial charge is 0.575 e. The molecule has 3 heterocycles. The maximum atomic E-state index is 13.0. The lowest BCUT2D eigenvalue weighted by Crippen LogP contribution is -2.65. The molecular weight excluding hydrogens is 453 g/mol. The van der Waals surface area contributed by atoms with E-state index in [1.165, 1.54) is 20.0 Å². The average molecular weight is 486 g/mol. The molecular formula is C22H33NO9P+. The van der Waals surface area contributed by atoms with Crippen molar-refractivity contribution in [1.82, 2.24) is 5.32 Å². The lowest BCUT2D eigenvalue weighted by molar-refractivity contribution is -0.139. The van der Waals surface area contributed by atoms with Gasteiger partial charge in [-0.15, -0.1) is 9.05 Å². The molecule has 2 aliphatic carbocycles. The van der Waals surface area contributed by atoms with Crippen molar-refractivity contribution in [3.8, 4) is 0 Å². The number of nitrogens with one attached hydrogen (secondary N) is 1. The van der Waals surface area contributed by atoms with Crippen LogP contribution in [0, 0.1) is 17.8 Å². The van der Waals surface area contributed by atoms with E-state index in [1.54, 1.807) is 0 Å². The Morgan fingerprint density at radius 3 is 2.76 bits per heavy atom. The molecule has 0 aromatic carbocycles. The number of rotatable bonds is 8. The monoisotopic (exact) mass is 486 g/mol. The second kappa shape index (κ2) is 9.32. The molecule has 0 aromatic rings. The van der Waals surface area contributed by atoms with Crippen LogP contribution in [0.1, 0.15) is 45.4 Å². The standard InChI is InChI=1S/C22H32NO9P/c1-3-4-5-6-7-8-30-33(27-2)31-19-14(24)9-13-12-10-15-20(29-11-28-15)18(25)16(12)22(26)23-17(13)21(19)32-33/h10,12-14,16-17,19,21,24H,3-9,11H2,1-2H3,(H-,23,25,26)/p+1/t12?,13?,14-,16?,17+,19+,21-,33?/m0/s1. The number of amides is 1. The van der Waals surface area contributed by atoms with Crippen molar-refractivity contribution in [3.05, 3.63) is 23.4 Å². The number of ether oxygens (including phenoxy) is 2. The van der Waals surface area contributed by atoms with Crippen molar-refractivity contribution in [2.45, 2.75) is 69.8 Å². The van der Waals surface area contributed by atoms with Crippen LogP contribution in [0.4, 0.5) is 0 Å². The fourth-order valence-corrected chi connectivity index (χ4v) is 7.51. The van der Waals surface area contributed by atoms with Crippen LogP contribution >= 0.6 is 8.17 Å². The zero-order chi connectivity index (χ0) is 23.2. The first-order chi connectivity index (χ1) is 16.0. The van der Waals surface area contributed by atoms with Crippen LogP contribution in [0.2, 0.25) is 0 Å². The van der Waals surface area contributed by atoms with Gasteiger partial charge in [-0.1, -0.05) is 32.6 Å². The number of unbranched alkanes of at least 4 members (excludes halogenated alkanes) is 4. The summed E-state index contributed by atoms with van der Waals surface area (Å²) in [4.78, 5) is 13.0. The highest BCUT2D eigenvalue weighted by atomic mass is 31.2. The molecule has 5 aliphatic rings. The summed E-state index contributed by atoms with van der Waals surface area (Å²) >= 11 is 0. The molecule has 3 aliphatic heterocycles. The Hall–Kier alpha value is -1.42. The van der Waals surface area contributed by atoms with Gasteiger partial charge in [-0.05, 0) is 24.8 Å². The van der Waals surface area contributed by atoms with E-state index in [0.29, 0.717) is 18.8 Å². The number of carbonyl (C=O) groups excluding carboxylic acids is 1. The maximum Gasteiger partial charge on any atom is 0.575 e. The average Bonchev–Trinajstić information content (AvgIpc) is 3.43. The highest BCUT2D eigenvalue weighted by Crippen LogP contribution is 2.70. The lowest BCUT2D eigenvalue weighted by atomic mass is 9.64. The van der Waals surface area contributed by atoms with Gasteiger partial charge in [-0.25, -0.2) is 0 Å². The summed E-state index contributed by atoms with van der Waals surface area (Å²) in [5, 5.41) is 24.7. The van der Waals surface area contributed by atoms with Gasteiger partial charge in [0.05, 0.1) is 19.3 Å². The Labute approximate surface area is 193 Å². The Morgan fingerprint density at radius 1 is 1.18 bits per heavy atom. The second-order valence-corrected chi connectivity index (χ2v) is 11.2. The minimum absolute atomic E-state index is 0.00127. The van der Waals surface area contributed by atoms with Gasteiger partial charge in [0.1, 0.15) is 12.5 Å². The van der Waals surface area contributed by atoms with E-state index in [9.17, 15) is 15.0 Å². The van der Waals surface area contributed by atoms with Crippen molar-refractivity contribution in [1.29, 1.82) is 0 Å². The number of piperidine rings is 1. The minimum atomic E-state index is -3.11. The molecule has 0 radical (unpaired) electrons. The van der Waals surface area contributed by atoms with E-state index in [4.69, 9.17) is 27.6 Å². The third kappa shape index (κ3) is 4.05. The van der Waals surface area contributed by atoms with E-state index in [2.05, 4.69) is 12.2 Å². The van der Waals surface area contributed by atoms with Gasteiger partial charge in [0.2, 0.25) is 18.5 Å². The summed E-state index contributed by atoms with van der Waals surface area (Å²) < 4.78 is 34.7. The highest BCUT2D eigenvalue weighted by molar-refractivity contribution is 7.56. The molecule has 4 unspecified atom stereocenters. The Kier molecular flexibility index (Phi) is 6.59. The van der Waals surface area contributed by atoms with Crippen LogP contribution in [0.15, 0.2) is 23.4 Å². The minimum Gasteiger partial charge on any atom is -0.507 e. The third-order valence-corrected chi connectivity index (χ3v) is 9.19. The highest BCUT2D eigenvalue weighted by Gasteiger charge is 2.69. The van der Waals surface area contributed by atoms with Crippen LogP contribution in [-0.4, -0.2) is 61.0 Å². The summed E-state index contributed by atoms with van der Waals surface area (Å²) in [6.07, 6.45) is 5.51. The number of hydrogen-bond acceptors (Lipinski definition) is 9. The van der Waals surface area contributed by atoms with Gasteiger partial charge in [-0.3, -0.25) is 4.79 Å². The Bertz CT molecular complexity index is 835. The van der Waals surface area contributed by atoms with E-state index < -0.39 is 38.4 Å². The number of hydrogen-bond donors (Lipinski definition) is 3. The molecule has 11 heteroatoms. The number of fused-ring (bicyclic) bond motifs is 6. The van der Waals surface area contributed by atoms with Crippen molar-refractivity contribution in [3.63, 3.8) is 0 Å². The van der Waals surface area contributed by atoms with Gasteiger partial charge < -0.3 is 25.0 Å². The van der Waals surface area contributed by atoms with Crippen molar-refractivity contribution < 1.29 is 42.6 Å². The van der Waals surface area contributed by atoms with Crippen LogP contribution in [0.25, 0.3) is 0 Å². The van der Waals surface area contributed by atoms with E-state index in [1.807, 2.05) is 6.08 Å². The zero-order valence-electron chi connectivity index (χ0n) is 19.0. The van der Waals surface area contributed by atoms with Gasteiger partial charge >= 0.3 is 8.17 Å². The molecule has 0 bridgehead atoms. The van der Waals surface area contributed by atoms with Crippen molar-refractivity contribution >= 4 is 14.1 Å².